The third kappa shape index (κ3) is 1.84. The van der Waals surface area contributed by atoms with Crippen molar-refractivity contribution >= 4 is 17.6 Å². The zero-order chi connectivity index (χ0) is 13.3. The molecule has 1 unspecified atom stereocenters. The normalized spacial score (nSPS) is 18.4. The maximum absolute atomic E-state index is 11.8. The fraction of sp³-hybridized carbons (Fsp3) is 0.154. The smallest absolute Gasteiger partial charge is 0.331 e. The van der Waals surface area contributed by atoms with Crippen LogP contribution in [-0.2, 0) is 9.59 Å². The lowest BCUT2D eigenvalue weighted by molar-refractivity contribution is -0.138. The van der Waals surface area contributed by atoms with Gasteiger partial charge in [0.25, 0.3) is 5.91 Å². The Balaban J connectivity index is 2.46. The Morgan fingerprint density at radius 3 is 2.83 bits per heavy atom. The molecule has 1 aliphatic rings. The molecule has 0 bridgehead atoms. The zero-order valence-electron chi connectivity index (χ0n) is 9.62. The van der Waals surface area contributed by atoms with Crippen molar-refractivity contribution in [2.24, 2.45) is 0 Å². The highest BCUT2D eigenvalue weighted by atomic mass is 16.4. The minimum atomic E-state index is -1.09. The zero-order valence-corrected chi connectivity index (χ0v) is 9.62. The number of carbonyl (C=O) groups is 2. The van der Waals surface area contributed by atoms with Crippen LogP contribution >= 0.6 is 0 Å². The minimum Gasteiger partial charge on any atom is -0.479 e. The summed E-state index contributed by atoms with van der Waals surface area (Å²) in [4.78, 5) is 24.2. The van der Waals surface area contributed by atoms with Gasteiger partial charge in [-0.1, -0.05) is 6.07 Å². The predicted molar refractivity (Wildman–Crippen MR) is 63.8 cm³/mol. The first kappa shape index (κ1) is 11.9. The Labute approximate surface area is 104 Å². The van der Waals surface area contributed by atoms with Gasteiger partial charge in [0.1, 0.15) is 0 Å². The van der Waals surface area contributed by atoms with Crippen LogP contribution in [0, 0.1) is 11.3 Å². The fourth-order valence-electron chi connectivity index (χ4n) is 1.98. The molecule has 0 aliphatic carbocycles. The molecular weight excluding hydrogens is 232 g/mol. The van der Waals surface area contributed by atoms with E-state index in [9.17, 15) is 9.59 Å². The summed E-state index contributed by atoms with van der Waals surface area (Å²) in [5, 5.41) is 18.0. The van der Waals surface area contributed by atoms with Gasteiger partial charge in [-0.2, -0.15) is 5.26 Å². The van der Waals surface area contributed by atoms with Crippen LogP contribution in [0.1, 0.15) is 12.5 Å². The van der Waals surface area contributed by atoms with Gasteiger partial charge in [0.2, 0.25) is 0 Å². The molecule has 0 fully saturated rings. The van der Waals surface area contributed by atoms with E-state index in [1.807, 2.05) is 6.07 Å². The number of nitrogens with zero attached hydrogens (tertiary/aromatic N) is 2. The molecule has 1 N–H and O–H groups in total. The third-order valence-electron chi connectivity index (χ3n) is 2.77. The number of anilines is 1. The molecule has 2 rings (SSSR count). The van der Waals surface area contributed by atoms with Crippen LogP contribution < -0.4 is 4.90 Å². The number of benzene rings is 1. The van der Waals surface area contributed by atoms with Crippen molar-refractivity contribution in [2.75, 3.05) is 4.90 Å². The van der Waals surface area contributed by atoms with Crippen molar-refractivity contribution in [1.82, 2.24) is 0 Å². The molecule has 0 aromatic heterocycles. The van der Waals surface area contributed by atoms with Crippen molar-refractivity contribution < 1.29 is 14.7 Å². The van der Waals surface area contributed by atoms with Crippen LogP contribution in [0.3, 0.4) is 0 Å². The Morgan fingerprint density at radius 1 is 1.50 bits per heavy atom. The largest absolute Gasteiger partial charge is 0.479 e. The average Bonchev–Trinajstić information content (AvgIpc) is 2.64. The maximum atomic E-state index is 11.8. The second-order valence-corrected chi connectivity index (χ2v) is 4.00. The second-order valence-electron chi connectivity index (χ2n) is 4.00. The number of nitriles is 1. The molecule has 0 saturated heterocycles. The van der Waals surface area contributed by atoms with Crippen LogP contribution in [0.5, 0.6) is 0 Å². The summed E-state index contributed by atoms with van der Waals surface area (Å²) in [6, 6.07) is 7.29. The number of hydrogen-bond donors (Lipinski definition) is 1. The van der Waals surface area contributed by atoms with Crippen molar-refractivity contribution in [3.8, 4) is 6.07 Å². The van der Waals surface area contributed by atoms with E-state index in [0.717, 1.165) is 0 Å². The van der Waals surface area contributed by atoms with E-state index in [2.05, 4.69) is 0 Å². The summed E-state index contributed by atoms with van der Waals surface area (Å²) < 4.78 is 0. The van der Waals surface area contributed by atoms with E-state index in [4.69, 9.17) is 10.4 Å². The lowest BCUT2D eigenvalue weighted by Gasteiger charge is -2.23. The molecule has 1 aromatic carbocycles. The molecule has 1 heterocycles. The Bertz CT molecular complexity index is 598. The fourth-order valence-corrected chi connectivity index (χ4v) is 1.98. The Hall–Kier alpha value is -2.61. The summed E-state index contributed by atoms with van der Waals surface area (Å²) in [6.07, 6.45) is 1.30. The van der Waals surface area contributed by atoms with Crippen LogP contribution in [0.4, 0.5) is 5.69 Å². The molecule has 5 nitrogen and oxygen atoms in total. The highest BCUT2D eigenvalue weighted by Crippen LogP contribution is 2.27. The van der Waals surface area contributed by atoms with Crippen molar-refractivity contribution in [2.45, 2.75) is 13.0 Å². The van der Waals surface area contributed by atoms with Gasteiger partial charge in [0, 0.05) is 11.8 Å². The summed E-state index contributed by atoms with van der Waals surface area (Å²) in [5.74, 6) is -1.47. The van der Waals surface area contributed by atoms with E-state index in [1.165, 1.54) is 17.0 Å². The monoisotopic (exact) mass is 242 g/mol. The molecular formula is C13H10N2O3. The number of carboxylic acid groups (broad SMARTS) is 1. The van der Waals surface area contributed by atoms with Crippen LogP contribution in [0.25, 0.3) is 0 Å². The van der Waals surface area contributed by atoms with Crippen LogP contribution in [-0.4, -0.2) is 23.0 Å². The van der Waals surface area contributed by atoms with Crippen LogP contribution in [0.2, 0.25) is 0 Å². The van der Waals surface area contributed by atoms with Gasteiger partial charge in [-0.05, 0) is 30.7 Å². The van der Waals surface area contributed by atoms with E-state index < -0.39 is 12.0 Å². The number of aliphatic carboxylic acids is 1. The quantitative estimate of drug-likeness (QED) is 0.847. The van der Waals surface area contributed by atoms with Crippen molar-refractivity contribution in [3.05, 3.63) is 41.5 Å². The molecule has 0 spiro atoms. The molecule has 1 amide bonds. The number of hydrogen-bond acceptors (Lipinski definition) is 3. The van der Waals surface area contributed by atoms with Gasteiger partial charge >= 0.3 is 5.97 Å². The van der Waals surface area contributed by atoms with E-state index in [0.29, 0.717) is 16.8 Å². The molecule has 1 aliphatic heterocycles. The van der Waals surface area contributed by atoms with E-state index in [-0.39, 0.29) is 5.91 Å². The van der Waals surface area contributed by atoms with Gasteiger partial charge in [-0.15, -0.1) is 0 Å². The minimum absolute atomic E-state index is 0.380. The maximum Gasteiger partial charge on any atom is 0.331 e. The Morgan fingerprint density at radius 2 is 2.22 bits per heavy atom. The molecule has 90 valence electrons. The molecule has 1 atom stereocenters. The molecule has 5 heteroatoms. The number of amides is 1. The highest BCUT2D eigenvalue weighted by Gasteiger charge is 2.36. The van der Waals surface area contributed by atoms with Gasteiger partial charge in [-0.25, -0.2) is 4.79 Å². The lowest BCUT2D eigenvalue weighted by Crippen LogP contribution is -2.40. The summed E-state index contributed by atoms with van der Waals surface area (Å²) in [5.41, 5.74) is 1.28. The Kier molecular flexibility index (Phi) is 2.86. The first-order valence-corrected chi connectivity index (χ1v) is 5.29. The first-order valence-electron chi connectivity index (χ1n) is 5.29. The predicted octanol–water partition coefficient (Wildman–Crippen LogP) is 1.30. The number of carboxylic acids is 1. The summed E-state index contributed by atoms with van der Waals surface area (Å²) in [7, 11) is 0. The second kappa shape index (κ2) is 4.34. The average molecular weight is 242 g/mol. The molecule has 18 heavy (non-hydrogen) atoms. The van der Waals surface area contributed by atoms with Gasteiger partial charge in [0.15, 0.2) is 6.04 Å². The van der Waals surface area contributed by atoms with Crippen molar-refractivity contribution in [3.63, 3.8) is 0 Å². The lowest BCUT2D eigenvalue weighted by atomic mass is 10.1. The first-order chi connectivity index (χ1) is 8.54. The molecule has 1 aromatic rings. The third-order valence-corrected chi connectivity index (χ3v) is 2.77. The number of carbonyl (C=O) groups excluding carboxylic acids is 1. The standard InChI is InChI=1S/C13H10N2O3/c1-8-5-11(16)15(12(8)13(17)18)10-4-2-3-9(6-10)7-14/h2-6,12H,1H3,(H,17,18). The van der Waals surface area contributed by atoms with E-state index >= 15 is 0 Å². The number of rotatable bonds is 2. The molecule has 0 saturated carbocycles. The summed E-state index contributed by atoms with van der Waals surface area (Å²) >= 11 is 0. The highest BCUT2D eigenvalue weighted by molar-refractivity contribution is 6.10. The van der Waals surface area contributed by atoms with Crippen LogP contribution in [0.15, 0.2) is 35.9 Å². The van der Waals surface area contributed by atoms with E-state index in [1.54, 1.807) is 25.1 Å². The van der Waals surface area contributed by atoms with Gasteiger partial charge < -0.3 is 5.11 Å². The molecule has 0 radical (unpaired) electrons. The van der Waals surface area contributed by atoms with Gasteiger partial charge in [0.05, 0.1) is 11.6 Å². The summed E-state index contributed by atoms with van der Waals surface area (Å²) in [6.45, 7) is 1.60. The van der Waals surface area contributed by atoms with Gasteiger partial charge in [-0.3, -0.25) is 9.69 Å². The SMILES string of the molecule is CC1=CC(=O)N(c2cccc(C#N)c2)C1C(=O)O. The van der Waals surface area contributed by atoms with Crippen molar-refractivity contribution in [1.29, 1.82) is 5.26 Å². The topological polar surface area (TPSA) is 81.4 Å².